The van der Waals surface area contributed by atoms with Crippen LogP contribution in [0, 0.1) is 5.82 Å². The minimum Gasteiger partial charge on any atom is -0.481 e. The highest BCUT2D eigenvalue weighted by atomic mass is 35.5. The minimum absolute atomic E-state index is 0.0202. The summed E-state index contributed by atoms with van der Waals surface area (Å²) in [5, 5.41) is 16.4. The molecule has 0 unspecified atom stereocenters. The standard InChI is InChI=1S/C43H45Cl2FN6O8/c1-43(2,3)60-42(57)51(22-26-12-13-36(54)49-26)23-32-33(46)18-34(50-40(32)59-5)31-11-7-10-30(39(31)45)29-9-6-8-28(38(29)44)24-14-15-52-35(16-24)48-20-25(41(52)56)19-47-21-27(53)17-37(55)58-4/h6-11,14-16,18,20,26-27,47,53H,12-13,17,19,21-23H2,1-5H3,(H,49,54)/t26-,27-/m0/s1. The molecule has 5 aromatic rings. The van der Waals surface area contributed by atoms with E-state index in [1.807, 2.05) is 12.1 Å². The van der Waals surface area contributed by atoms with Crippen molar-refractivity contribution in [3.05, 3.63) is 104 Å². The van der Waals surface area contributed by atoms with Gasteiger partial charge in [-0.1, -0.05) is 59.6 Å². The van der Waals surface area contributed by atoms with E-state index in [1.54, 1.807) is 63.4 Å². The van der Waals surface area contributed by atoms with Gasteiger partial charge in [0.1, 0.15) is 17.1 Å². The van der Waals surface area contributed by atoms with Gasteiger partial charge in [0.2, 0.25) is 11.8 Å². The Morgan fingerprint density at radius 3 is 2.38 bits per heavy atom. The molecule has 4 heterocycles. The molecule has 2 amide bonds. The SMILES string of the molecule is COC(=O)C[C@H](O)CNCc1cnc2cc(-c3cccc(-c4cccc(-c5cc(F)c(CN(C[C@@H]6CCC(=O)N6)C(=O)OC(C)(C)C)c(OC)n5)c4Cl)c3Cl)ccn2c1=O. The first-order valence-electron chi connectivity index (χ1n) is 19.1. The molecule has 60 heavy (non-hydrogen) atoms. The monoisotopic (exact) mass is 862 g/mol. The summed E-state index contributed by atoms with van der Waals surface area (Å²) < 4.78 is 33.3. The molecule has 1 aliphatic rings. The predicted molar refractivity (Wildman–Crippen MR) is 224 cm³/mol. The van der Waals surface area contributed by atoms with Crippen LogP contribution in [0.5, 0.6) is 5.88 Å². The third-order valence-corrected chi connectivity index (χ3v) is 10.5. The van der Waals surface area contributed by atoms with Gasteiger partial charge in [0, 0.05) is 78.4 Å². The van der Waals surface area contributed by atoms with E-state index in [9.17, 15) is 24.3 Å². The molecule has 1 aliphatic heterocycles. The van der Waals surface area contributed by atoms with Crippen molar-refractivity contribution < 1.29 is 38.1 Å². The van der Waals surface area contributed by atoms with Crippen LogP contribution in [0.1, 0.15) is 51.2 Å². The Labute approximate surface area is 355 Å². The third kappa shape index (κ3) is 10.2. The number of hydrogen-bond donors (Lipinski definition) is 3. The number of pyridine rings is 2. The first-order valence-corrected chi connectivity index (χ1v) is 19.9. The number of halogens is 3. The molecule has 6 rings (SSSR count). The Balaban J connectivity index is 1.26. The number of nitrogens with one attached hydrogen (secondary N) is 2. The summed E-state index contributed by atoms with van der Waals surface area (Å²) >= 11 is 14.2. The maximum Gasteiger partial charge on any atom is 0.410 e. The number of nitrogens with zero attached hydrogens (tertiary/aromatic N) is 4. The van der Waals surface area contributed by atoms with Crippen LogP contribution in [-0.2, 0) is 32.2 Å². The zero-order chi connectivity index (χ0) is 43.3. The number of carbonyl (C=O) groups is 3. The lowest BCUT2D eigenvalue weighted by Crippen LogP contribution is -2.44. The zero-order valence-electron chi connectivity index (χ0n) is 33.7. The summed E-state index contributed by atoms with van der Waals surface area (Å²) in [6.45, 7) is 5.25. The van der Waals surface area contributed by atoms with Crippen molar-refractivity contribution in [2.75, 3.05) is 27.3 Å². The van der Waals surface area contributed by atoms with Gasteiger partial charge in [-0.15, -0.1) is 0 Å². The van der Waals surface area contributed by atoms with E-state index < -0.39 is 29.6 Å². The van der Waals surface area contributed by atoms with Crippen molar-refractivity contribution in [1.29, 1.82) is 0 Å². The van der Waals surface area contributed by atoms with Gasteiger partial charge in [-0.2, -0.15) is 0 Å². The zero-order valence-corrected chi connectivity index (χ0v) is 35.2. The number of aromatic nitrogens is 3. The number of rotatable bonds is 14. The second kappa shape index (κ2) is 18.8. The van der Waals surface area contributed by atoms with Gasteiger partial charge in [-0.05, 0) is 44.9 Å². The van der Waals surface area contributed by atoms with Crippen LogP contribution in [0.15, 0.2) is 71.8 Å². The van der Waals surface area contributed by atoms with E-state index in [-0.39, 0.29) is 72.3 Å². The van der Waals surface area contributed by atoms with Crippen molar-refractivity contribution in [1.82, 2.24) is 29.9 Å². The second-order valence-corrected chi connectivity index (χ2v) is 16.0. The smallest absolute Gasteiger partial charge is 0.410 e. The Hall–Kier alpha value is -5.61. The van der Waals surface area contributed by atoms with Crippen LogP contribution in [0.25, 0.3) is 39.2 Å². The van der Waals surface area contributed by atoms with Gasteiger partial charge in [-0.3, -0.25) is 18.8 Å². The van der Waals surface area contributed by atoms with E-state index in [0.717, 1.165) is 0 Å². The Morgan fingerprint density at radius 2 is 1.73 bits per heavy atom. The molecule has 3 aromatic heterocycles. The van der Waals surface area contributed by atoms with Gasteiger partial charge in [0.25, 0.3) is 5.56 Å². The highest BCUT2D eigenvalue weighted by molar-refractivity contribution is 6.39. The quantitative estimate of drug-likeness (QED) is 0.103. The fraction of sp³-hybridized carbons (Fsp3) is 0.349. The number of ether oxygens (including phenoxy) is 3. The molecule has 3 N–H and O–H groups in total. The van der Waals surface area contributed by atoms with Crippen LogP contribution in [0.3, 0.4) is 0 Å². The number of methoxy groups -OCH3 is 2. The third-order valence-electron chi connectivity index (χ3n) is 9.73. The van der Waals surface area contributed by atoms with Gasteiger partial charge in [0.05, 0.1) is 54.6 Å². The first-order chi connectivity index (χ1) is 28.6. The summed E-state index contributed by atoms with van der Waals surface area (Å²) in [6, 6.07) is 15.1. The maximum absolute atomic E-state index is 16.2. The van der Waals surface area contributed by atoms with Crippen molar-refractivity contribution in [2.45, 2.75) is 70.9 Å². The second-order valence-electron chi connectivity index (χ2n) is 15.3. The van der Waals surface area contributed by atoms with Gasteiger partial charge < -0.3 is 34.9 Å². The topological polar surface area (TPSA) is 174 Å². The molecule has 1 saturated heterocycles. The summed E-state index contributed by atoms with van der Waals surface area (Å²) in [6.07, 6.45) is 2.08. The molecule has 316 valence electrons. The molecule has 14 nitrogen and oxygen atoms in total. The summed E-state index contributed by atoms with van der Waals surface area (Å²) in [5.41, 5.74) is 2.65. The van der Waals surface area contributed by atoms with E-state index in [1.165, 1.54) is 35.8 Å². The molecule has 0 bridgehead atoms. The van der Waals surface area contributed by atoms with Crippen LogP contribution in [0.2, 0.25) is 10.0 Å². The number of aliphatic hydroxyl groups is 1. The number of esters is 1. The van der Waals surface area contributed by atoms with Crippen LogP contribution < -0.4 is 20.9 Å². The number of fused-ring (bicyclic) bond motifs is 1. The summed E-state index contributed by atoms with van der Waals surface area (Å²) in [4.78, 5) is 60.3. The maximum atomic E-state index is 16.2. The molecular weight excluding hydrogens is 818 g/mol. The van der Waals surface area contributed by atoms with Crippen molar-refractivity contribution in [3.8, 4) is 39.4 Å². The lowest BCUT2D eigenvalue weighted by Gasteiger charge is -2.29. The number of amides is 2. The summed E-state index contributed by atoms with van der Waals surface area (Å²) in [5.74, 6) is -1.41. The molecule has 0 aliphatic carbocycles. The first kappa shape index (κ1) is 44.0. The van der Waals surface area contributed by atoms with Crippen molar-refractivity contribution in [2.24, 2.45) is 0 Å². The number of benzene rings is 2. The fourth-order valence-electron chi connectivity index (χ4n) is 6.79. The molecule has 17 heteroatoms. The Morgan fingerprint density at radius 1 is 1.05 bits per heavy atom. The normalized spacial score (nSPS) is 14.5. The summed E-state index contributed by atoms with van der Waals surface area (Å²) in [7, 11) is 2.60. The van der Waals surface area contributed by atoms with E-state index in [2.05, 4.69) is 25.3 Å². The number of carbonyl (C=O) groups excluding carboxylic acids is 3. The molecule has 2 aromatic carbocycles. The van der Waals surface area contributed by atoms with Crippen molar-refractivity contribution in [3.63, 3.8) is 0 Å². The predicted octanol–water partition coefficient (Wildman–Crippen LogP) is 6.57. The van der Waals surface area contributed by atoms with Gasteiger partial charge >= 0.3 is 12.1 Å². The molecular formula is C43H45Cl2FN6O8. The van der Waals surface area contributed by atoms with E-state index >= 15 is 4.39 Å². The Bertz CT molecular complexity index is 2490. The fourth-order valence-corrected chi connectivity index (χ4v) is 7.46. The van der Waals surface area contributed by atoms with Crippen LogP contribution in [-0.4, -0.2) is 87.4 Å². The Kier molecular flexibility index (Phi) is 13.7. The van der Waals surface area contributed by atoms with E-state index in [4.69, 9.17) is 32.7 Å². The molecule has 2 atom stereocenters. The highest BCUT2D eigenvalue weighted by Gasteiger charge is 2.31. The van der Waals surface area contributed by atoms with Crippen LogP contribution >= 0.6 is 23.2 Å². The minimum atomic E-state index is -0.973. The van der Waals surface area contributed by atoms with Gasteiger partial charge in [0.15, 0.2) is 0 Å². The average molecular weight is 864 g/mol. The van der Waals surface area contributed by atoms with Gasteiger partial charge in [-0.25, -0.2) is 19.2 Å². The van der Waals surface area contributed by atoms with Crippen LogP contribution in [0.4, 0.5) is 9.18 Å². The van der Waals surface area contributed by atoms with E-state index in [0.29, 0.717) is 56.9 Å². The molecule has 0 saturated carbocycles. The lowest BCUT2D eigenvalue weighted by atomic mass is 9.97. The number of hydrogen-bond acceptors (Lipinski definition) is 11. The molecule has 1 fully saturated rings. The molecule has 0 radical (unpaired) electrons. The highest BCUT2D eigenvalue weighted by Crippen LogP contribution is 2.43. The largest absolute Gasteiger partial charge is 0.481 e. The lowest BCUT2D eigenvalue weighted by molar-refractivity contribution is -0.142. The average Bonchev–Trinajstić information content (AvgIpc) is 3.62. The molecule has 0 spiro atoms. The van der Waals surface area contributed by atoms with Crippen molar-refractivity contribution >= 4 is 46.8 Å². The number of aliphatic hydroxyl groups excluding tert-OH is 1.